The molecule has 0 radical (unpaired) electrons. The Labute approximate surface area is 215 Å². The van der Waals surface area contributed by atoms with Crippen LogP contribution in [-0.2, 0) is 17.0 Å². The van der Waals surface area contributed by atoms with Crippen molar-refractivity contribution in [3.05, 3.63) is 121 Å². The van der Waals surface area contributed by atoms with Gasteiger partial charge in [-0.1, -0.05) is 103 Å². The summed E-state index contributed by atoms with van der Waals surface area (Å²) in [6.07, 6.45) is 11.7. The third kappa shape index (κ3) is 6.43. The van der Waals surface area contributed by atoms with Crippen LogP contribution in [0.1, 0.15) is 29.9 Å². The van der Waals surface area contributed by atoms with Crippen molar-refractivity contribution in [2.45, 2.75) is 25.7 Å². The first kappa shape index (κ1) is 25.8. The summed E-state index contributed by atoms with van der Waals surface area (Å²) in [4.78, 5) is 0. The number of fused-ring (bicyclic) bond motifs is 1. The van der Waals surface area contributed by atoms with E-state index in [9.17, 15) is 0 Å². The molecule has 2 atom stereocenters. The van der Waals surface area contributed by atoms with Crippen molar-refractivity contribution in [1.82, 2.24) is 0 Å². The summed E-state index contributed by atoms with van der Waals surface area (Å²) in [7, 11) is 9.78. The van der Waals surface area contributed by atoms with Crippen LogP contribution in [0.5, 0.6) is 0 Å². The number of para-hydroxylation sites is 1. The second-order valence-corrected chi connectivity index (χ2v) is 11.0. The maximum atomic E-state index is 4.98. The van der Waals surface area contributed by atoms with Crippen molar-refractivity contribution in [1.29, 1.82) is 0 Å². The predicted octanol–water partition coefficient (Wildman–Crippen LogP) is 10.1. The molecule has 3 aromatic rings. The molecular formula is C29H29Cl2NTi-2. The van der Waals surface area contributed by atoms with E-state index in [4.69, 9.17) is 23.9 Å². The van der Waals surface area contributed by atoms with Gasteiger partial charge in [0.25, 0.3) is 0 Å². The van der Waals surface area contributed by atoms with Crippen LogP contribution in [0.15, 0.2) is 97.1 Å². The molecule has 33 heavy (non-hydrogen) atoms. The Bertz CT molecular complexity index is 1070. The molecule has 0 saturated heterocycles. The van der Waals surface area contributed by atoms with Gasteiger partial charge in [-0.25, -0.2) is 0 Å². The zero-order chi connectivity index (χ0) is 22.3. The molecule has 1 fully saturated rings. The van der Waals surface area contributed by atoms with Gasteiger partial charge in [0.1, 0.15) is 0 Å². The van der Waals surface area contributed by atoms with Gasteiger partial charge < -0.3 is 12.7 Å². The van der Waals surface area contributed by atoms with Crippen molar-refractivity contribution in [3.8, 4) is 11.1 Å². The van der Waals surface area contributed by atoms with Gasteiger partial charge in [0, 0.05) is 0 Å². The van der Waals surface area contributed by atoms with Crippen LogP contribution in [0.3, 0.4) is 0 Å². The van der Waals surface area contributed by atoms with Crippen LogP contribution >= 0.6 is 18.6 Å². The van der Waals surface area contributed by atoms with Crippen LogP contribution in [-0.4, -0.2) is 0 Å². The normalized spacial score (nSPS) is 20.2. The molecule has 0 spiro atoms. The summed E-state index contributed by atoms with van der Waals surface area (Å²) in [6, 6.07) is 25.8. The third-order valence-electron chi connectivity index (χ3n) is 6.34. The van der Waals surface area contributed by atoms with E-state index < -0.39 is 17.0 Å². The van der Waals surface area contributed by atoms with Crippen LogP contribution in [0, 0.1) is 26.2 Å². The maximum absolute atomic E-state index is 4.98. The quantitative estimate of drug-likeness (QED) is 0.245. The van der Waals surface area contributed by atoms with E-state index in [1.807, 2.05) is 18.2 Å². The Morgan fingerprint density at radius 1 is 0.788 bits per heavy atom. The van der Waals surface area contributed by atoms with E-state index in [-0.39, 0.29) is 7.43 Å². The van der Waals surface area contributed by atoms with Gasteiger partial charge >= 0.3 is 35.6 Å². The zero-order valence-electron chi connectivity index (χ0n) is 19.1. The molecule has 2 unspecified atom stereocenters. The van der Waals surface area contributed by atoms with Gasteiger partial charge in [-0.05, 0) is 54.2 Å². The van der Waals surface area contributed by atoms with Crippen LogP contribution in [0.4, 0.5) is 11.4 Å². The first-order chi connectivity index (χ1) is 15.7. The van der Waals surface area contributed by atoms with E-state index in [2.05, 4.69) is 85.8 Å². The number of nitrogens with zero attached hydrogens (tertiary/aromatic N) is 1. The van der Waals surface area contributed by atoms with Gasteiger partial charge in [-0.3, -0.25) is 0 Å². The fraction of sp³-hybridized carbons (Fsp3) is 0.207. The number of hydrogen-bond donors (Lipinski definition) is 0. The van der Waals surface area contributed by atoms with Crippen molar-refractivity contribution in [2.75, 3.05) is 0 Å². The molecule has 4 heteroatoms. The molecule has 0 bridgehead atoms. The molecule has 170 valence electrons. The summed E-state index contributed by atoms with van der Waals surface area (Å²) >= 11 is -0.556. The predicted molar refractivity (Wildman–Crippen MR) is 141 cm³/mol. The molecular weight excluding hydrogens is 481 g/mol. The van der Waals surface area contributed by atoms with Crippen LogP contribution < -0.4 is 0 Å². The minimum absolute atomic E-state index is 0. The second kappa shape index (κ2) is 12.6. The Balaban J connectivity index is 0.000000728. The monoisotopic (exact) mass is 509 g/mol. The summed E-state index contributed by atoms with van der Waals surface area (Å²) in [5, 5.41) is 4.98. The summed E-state index contributed by atoms with van der Waals surface area (Å²) in [5.74, 6) is 1.96. The average molecular weight is 510 g/mol. The number of allylic oxidation sites excluding steroid dienone is 4. The Morgan fingerprint density at radius 2 is 1.39 bits per heavy atom. The van der Waals surface area contributed by atoms with E-state index in [1.54, 1.807) is 0 Å². The fourth-order valence-corrected chi connectivity index (χ4v) is 4.92. The first-order valence-corrected chi connectivity index (χ1v) is 15.3. The van der Waals surface area contributed by atoms with Gasteiger partial charge in [-0.2, -0.15) is 0 Å². The van der Waals surface area contributed by atoms with Crippen LogP contribution in [0.25, 0.3) is 16.4 Å². The van der Waals surface area contributed by atoms with E-state index in [0.717, 1.165) is 11.4 Å². The van der Waals surface area contributed by atoms with Crippen molar-refractivity contribution in [3.63, 3.8) is 0 Å². The number of halogens is 2. The molecule has 2 aliphatic carbocycles. The molecule has 0 aliphatic heterocycles. The number of benzene rings is 3. The van der Waals surface area contributed by atoms with E-state index in [0.29, 0.717) is 17.8 Å². The van der Waals surface area contributed by atoms with Crippen molar-refractivity contribution >= 4 is 30.0 Å². The molecule has 5 rings (SSSR count). The third-order valence-corrected chi connectivity index (χ3v) is 6.34. The molecule has 0 heterocycles. The summed E-state index contributed by atoms with van der Waals surface area (Å²) < 4.78 is 0. The van der Waals surface area contributed by atoms with Gasteiger partial charge in [0.05, 0.1) is 0 Å². The van der Waals surface area contributed by atoms with Gasteiger partial charge in [0.15, 0.2) is 0 Å². The van der Waals surface area contributed by atoms with Gasteiger partial charge in [-0.15, -0.1) is 11.4 Å². The van der Waals surface area contributed by atoms with E-state index >= 15 is 0 Å². The Hall–Kier alpha value is -1.77. The molecule has 0 amide bonds. The number of hydrogen-bond acceptors (Lipinski definition) is 0. The molecule has 2 aliphatic rings. The average Bonchev–Trinajstić information content (AvgIpc) is 3.26. The van der Waals surface area contributed by atoms with Crippen LogP contribution in [0.2, 0.25) is 0 Å². The number of aryl methyl sites for hydroxylation is 1. The molecule has 1 saturated carbocycles. The minimum atomic E-state index is -0.556. The van der Waals surface area contributed by atoms with Gasteiger partial charge in [0.2, 0.25) is 0 Å². The SMILES string of the molecule is Cc1ccc([N-]c2ccccc2)c(-c2ccccc2C2CC3C=CC=CC3C2)c1.[CH3-].[Cl][Ti][Cl]. The molecule has 3 aromatic carbocycles. The molecule has 1 nitrogen and oxygen atoms in total. The first-order valence-electron chi connectivity index (χ1n) is 11.0. The molecule has 0 N–H and O–H groups in total. The van der Waals surface area contributed by atoms with Crippen molar-refractivity contribution < 1.29 is 17.0 Å². The zero-order valence-corrected chi connectivity index (χ0v) is 22.2. The van der Waals surface area contributed by atoms with Crippen molar-refractivity contribution in [2.24, 2.45) is 11.8 Å². The standard InChI is InChI=1S/C28H26N.CH3.2ClH.Ti/c1-20-15-16-28(29-24-11-3-2-4-12-24)27(17-20)26-14-8-7-13-25(26)23-18-21-9-5-6-10-22(21)19-23;;;;/h2-17,21-23H,18-19H2,1H3;1H3;2*1H;/q2*-1;;;+2/p-2. The topological polar surface area (TPSA) is 14.1 Å². The summed E-state index contributed by atoms with van der Waals surface area (Å²) in [5.41, 5.74) is 7.36. The Kier molecular flexibility index (Phi) is 9.89. The van der Waals surface area contributed by atoms with E-state index in [1.165, 1.54) is 35.1 Å². The number of rotatable bonds is 4. The fourth-order valence-electron chi connectivity index (χ4n) is 4.92. The second-order valence-electron chi connectivity index (χ2n) is 8.39. The Morgan fingerprint density at radius 3 is 2.06 bits per heavy atom. The summed E-state index contributed by atoms with van der Waals surface area (Å²) in [6.45, 7) is 2.16. The molecule has 0 aromatic heterocycles.